The Kier molecular flexibility index (Phi) is 6.65. The van der Waals surface area contributed by atoms with E-state index in [1.54, 1.807) is 0 Å². The van der Waals surface area contributed by atoms with E-state index in [0.717, 1.165) is 25.0 Å². The molecule has 0 aliphatic heterocycles. The van der Waals surface area contributed by atoms with E-state index in [2.05, 4.69) is 44.8 Å². The van der Waals surface area contributed by atoms with Crippen LogP contribution in [0.5, 0.6) is 0 Å². The molecule has 108 valence electrons. The normalized spacial score (nSPS) is 19.5. The molecule has 2 heteroatoms. The van der Waals surface area contributed by atoms with E-state index < -0.39 is 0 Å². The van der Waals surface area contributed by atoms with Crippen molar-refractivity contribution in [2.75, 3.05) is 26.2 Å². The zero-order valence-corrected chi connectivity index (χ0v) is 13.3. The zero-order valence-electron chi connectivity index (χ0n) is 13.3. The van der Waals surface area contributed by atoms with Gasteiger partial charge in [-0.1, -0.05) is 34.6 Å². The lowest BCUT2D eigenvalue weighted by Gasteiger charge is -2.35. The summed E-state index contributed by atoms with van der Waals surface area (Å²) in [5.41, 5.74) is 0.440. The highest BCUT2D eigenvalue weighted by atomic mass is 15.2. The van der Waals surface area contributed by atoms with Gasteiger partial charge in [0, 0.05) is 19.1 Å². The molecule has 1 saturated carbocycles. The van der Waals surface area contributed by atoms with Crippen LogP contribution in [0, 0.1) is 11.3 Å². The van der Waals surface area contributed by atoms with Crippen molar-refractivity contribution >= 4 is 0 Å². The summed E-state index contributed by atoms with van der Waals surface area (Å²) in [7, 11) is 0. The quantitative estimate of drug-likeness (QED) is 0.641. The van der Waals surface area contributed by atoms with Crippen LogP contribution in [0.4, 0.5) is 0 Å². The summed E-state index contributed by atoms with van der Waals surface area (Å²) in [6.07, 6.45) is 5.47. The Morgan fingerprint density at radius 2 is 1.94 bits per heavy atom. The second-order valence-corrected chi connectivity index (χ2v) is 6.83. The Balaban J connectivity index is 2.46. The summed E-state index contributed by atoms with van der Waals surface area (Å²) in [6, 6.07) is 0.899. The number of nitrogens with zero attached hydrogens (tertiary/aromatic N) is 1. The third-order valence-corrected chi connectivity index (χ3v) is 4.30. The first-order chi connectivity index (χ1) is 8.50. The van der Waals surface area contributed by atoms with E-state index in [-0.39, 0.29) is 0 Å². The molecule has 1 unspecified atom stereocenters. The van der Waals surface area contributed by atoms with Crippen molar-refractivity contribution in [3.63, 3.8) is 0 Å². The fourth-order valence-electron chi connectivity index (χ4n) is 2.46. The monoisotopic (exact) mass is 254 g/mol. The van der Waals surface area contributed by atoms with Crippen LogP contribution in [-0.4, -0.2) is 37.1 Å². The van der Waals surface area contributed by atoms with Gasteiger partial charge in [-0.3, -0.25) is 4.90 Å². The molecule has 1 atom stereocenters. The fraction of sp³-hybridized carbons (Fsp3) is 1.00. The van der Waals surface area contributed by atoms with Crippen LogP contribution in [0.2, 0.25) is 0 Å². The molecule has 1 N–H and O–H groups in total. The highest BCUT2D eigenvalue weighted by Crippen LogP contribution is 2.32. The van der Waals surface area contributed by atoms with Crippen molar-refractivity contribution in [2.24, 2.45) is 11.3 Å². The lowest BCUT2D eigenvalue weighted by Crippen LogP contribution is -2.43. The Morgan fingerprint density at radius 1 is 1.28 bits per heavy atom. The van der Waals surface area contributed by atoms with Gasteiger partial charge >= 0.3 is 0 Å². The van der Waals surface area contributed by atoms with Crippen LogP contribution >= 0.6 is 0 Å². The Morgan fingerprint density at radius 3 is 2.39 bits per heavy atom. The van der Waals surface area contributed by atoms with Gasteiger partial charge in [-0.05, 0) is 50.1 Å². The molecule has 1 aliphatic rings. The number of rotatable bonds is 10. The van der Waals surface area contributed by atoms with Gasteiger partial charge in [0.2, 0.25) is 0 Å². The SMILES string of the molecule is CCNCC(C)(CC)CN(CCC(C)C)C1CC1. The molecule has 1 rings (SSSR count). The first kappa shape index (κ1) is 16.0. The average Bonchev–Trinajstić information content (AvgIpc) is 3.16. The van der Waals surface area contributed by atoms with E-state index in [9.17, 15) is 0 Å². The molecule has 0 aromatic rings. The van der Waals surface area contributed by atoms with E-state index in [1.807, 2.05) is 0 Å². The third kappa shape index (κ3) is 5.71. The Hall–Kier alpha value is -0.0800. The van der Waals surface area contributed by atoms with Crippen molar-refractivity contribution in [1.82, 2.24) is 10.2 Å². The van der Waals surface area contributed by atoms with Crippen LogP contribution in [-0.2, 0) is 0 Å². The predicted octanol–water partition coefficient (Wildman–Crippen LogP) is 3.52. The molecule has 0 saturated heterocycles. The van der Waals surface area contributed by atoms with Gasteiger partial charge in [0.15, 0.2) is 0 Å². The molecule has 2 nitrogen and oxygen atoms in total. The van der Waals surface area contributed by atoms with E-state index in [1.165, 1.54) is 38.8 Å². The minimum atomic E-state index is 0.440. The molecule has 0 aromatic heterocycles. The van der Waals surface area contributed by atoms with Crippen molar-refractivity contribution in [1.29, 1.82) is 0 Å². The maximum absolute atomic E-state index is 3.54. The summed E-state index contributed by atoms with van der Waals surface area (Å²) in [5, 5.41) is 3.54. The summed E-state index contributed by atoms with van der Waals surface area (Å²) in [5.74, 6) is 0.827. The molecule has 0 spiro atoms. The van der Waals surface area contributed by atoms with Gasteiger partial charge in [-0.25, -0.2) is 0 Å². The van der Waals surface area contributed by atoms with Crippen molar-refractivity contribution < 1.29 is 0 Å². The molecule has 0 amide bonds. The summed E-state index contributed by atoms with van der Waals surface area (Å²) in [4.78, 5) is 2.76. The van der Waals surface area contributed by atoms with Gasteiger partial charge in [-0.2, -0.15) is 0 Å². The maximum atomic E-state index is 3.54. The first-order valence-corrected chi connectivity index (χ1v) is 7.95. The molecule has 18 heavy (non-hydrogen) atoms. The lowest BCUT2D eigenvalue weighted by atomic mass is 9.86. The highest BCUT2D eigenvalue weighted by Gasteiger charge is 2.33. The van der Waals surface area contributed by atoms with Gasteiger partial charge in [0.25, 0.3) is 0 Å². The number of nitrogens with one attached hydrogen (secondary N) is 1. The average molecular weight is 254 g/mol. The molecular formula is C16H34N2. The first-order valence-electron chi connectivity index (χ1n) is 7.95. The number of hydrogen-bond acceptors (Lipinski definition) is 2. The van der Waals surface area contributed by atoms with Crippen LogP contribution in [0.15, 0.2) is 0 Å². The maximum Gasteiger partial charge on any atom is 0.00966 e. The van der Waals surface area contributed by atoms with Crippen LogP contribution < -0.4 is 5.32 Å². The van der Waals surface area contributed by atoms with Crippen LogP contribution in [0.25, 0.3) is 0 Å². The van der Waals surface area contributed by atoms with Crippen molar-refractivity contribution in [3.05, 3.63) is 0 Å². The van der Waals surface area contributed by atoms with Crippen LogP contribution in [0.3, 0.4) is 0 Å². The van der Waals surface area contributed by atoms with Gasteiger partial charge in [0.1, 0.15) is 0 Å². The Bertz CT molecular complexity index is 223. The van der Waals surface area contributed by atoms with E-state index in [0.29, 0.717) is 5.41 Å². The van der Waals surface area contributed by atoms with Crippen molar-refractivity contribution in [3.8, 4) is 0 Å². The Labute approximate surface area is 115 Å². The van der Waals surface area contributed by atoms with E-state index in [4.69, 9.17) is 0 Å². The third-order valence-electron chi connectivity index (χ3n) is 4.30. The predicted molar refractivity (Wildman–Crippen MR) is 81.0 cm³/mol. The summed E-state index contributed by atoms with van der Waals surface area (Å²) in [6.45, 7) is 16.5. The second-order valence-electron chi connectivity index (χ2n) is 6.83. The summed E-state index contributed by atoms with van der Waals surface area (Å²) >= 11 is 0. The molecule has 0 bridgehead atoms. The van der Waals surface area contributed by atoms with Crippen LogP contribution in [0.1, 0.15) is 60.3 Å². The van der Waals surface area contributed by atoms with Gasteiger partial charge in [0.05, 0.1) is 0 Å². The second kappa shape index (κ2) is 7.49. The molecule has 1 aliphatic carbocycles. The highest BCUT2D eigenvalue weighted by molar-refractivity contribution is 4.89. The number of hydrogen-bond donors (Lipinski definition) is 1. The molecule has 0 radical (unpaired) electrons. The van der Waals surface area contributed by atoms with Gasteiger partial charge < -0.3 is 5.32 Å². The zero-order chi connectivity index (χ0) is 13.6. The summed E-state index contributed by atoms with van der Waals surface area (Å²) < 4.78 is 0. The van der Waals surface area contributed by atoms with E-state index >= 15 is 0 Å². The van der Waals surface area contributed by atoms with Gasteiger partial charge in [-0.15, -0.1) is 0 Å². The minimum absolute atomic E-state index is 0.440. The standard InChI is InChI=1S/C16H34N2/c1-6-16(5,12-17-7-2)13-18(15-8-9-15)11-10-14(3)4/h14-15,17H,6-13H2,1-5H3. The lowest BCUT2D eigenvalue weighted by molar-refractivity contribution is 0.143. The molecule has 0 aromatic carbocycles. The largest absolute Gasteiger partial charge is 0.316 e. The fourth-order valence-corrected chi connectivity index (χ4v) is 2.46. The molecular weight excluding hydrogens is 220 g/mol. The minimum Gasteiger partial charge on any atom is -0.316 e. The van der Waals surface area contributed by atoms with Crippen molar-refractivity contribution in [2.45, 2.75) is 66.3 Å². The smallest absolute Gasteiger partial charge is 0.00966 e. The topological polar surface area (TPSA) is 15.3 Å². The molecule has 0 heterocycles. The molecule has 1 fully saturated rings.